The Morgan fingerprint density at radius 2 is 2.23 bits per heavy atom. The Balaban J connectivity index is 1.88. The molecule has 0 bridgehead atoms. The van der Waals surface area contributed by atoms with Crippen LogP contribution >= 0.6 is 0 Å². The number of nitrogens with zero attached hydrogens (tertiary/aromatic N) is 1. The number of aromatic amines is 1. The first-order valence-electron chi connectivity index (χ1n) is 7.70. The molecular weight excluding hydrogens is 279 g/mol. The summed E-state index contributed by atoms with van der Waals surface area (Å²) in [5.74, 6) is 0.212. The Morgan fingerprint density at radius 1 is 1.45 bits per heavy atom. The number of hydrogen-bond acceptors (Lipinski definition) is 1. The number of aromatic nitrogens is 1. The van der Waals surface area contributed by atoms with Crippen LogP contribution in [-0.4, -0.2) is 28.4 Å². The molecule has 4 heteroatoms. The van der Waals surface area contributed by atoms with Gasteiger partial charge in [-0.2, -0.15) is 0 Å². The van der Waals surface area contributed by atoms with Crippen molar-refractivity contribution in [3.8, 4) is 0 Å². The number of hydrogen-bond donors (Lipinski definition) is 1. The molecule has 1 aliphatic rings. The lowest BCUT2D eigenvalue weighted by atomic mass is 10.0. The summed E-state index contributed by atoms with van der Waals surface area (Å²) >= 11 is 0. The van der Waals surface area contributed by atoms with E-state index in [4.69, 9.17) is 0 Å². The minimum atomic E-state index is -0.275. The molecule has 1 aromatic carbocycles. The first-order valence-corrected chi connectivity index (χ1v) is 7.70. The van der Waals surface area contributed by atoms with Gasteiger partial charge in [0.2, 0.25) is 5.91 Å². The van der Waals surface area contributed by atoms with Gasteiger partial charge in [0.05, 0.1) is 12.5 Å². The summed E-state index contributed by atoms with van der Waals surface area (Å²) in [5.41, 5.74) is 2.71. The van der Waals surface area contributed by atoms with E-state index in [2.05, 4.69) is 24.9 Å². The lowest BCUT2D eigenvalue weighted by molar-refractivity contribution is -0.131. The van der Waals surface area contributed by atoms with Gasteiger partial charge in [-0.05, 0) is 36.6 Å². The first kappa shape index (κ1) is 14.8. The Kier molecular flexibility index (Phi) is 3.77. The Morgan fingerprint density at radius 3 is 2.95 bits per heavy atom. The standard InChI is InChI=1S/C18H21FN2O/c1-11(2)17-5-4-8-21(17)18(22)10-14-12(3)20-16-7-6-13(19)9-15(14)16/h4-7,9,11,17,20H,8,10H2,1-3H3/t17-/m0/s1. The molecule has 0 saturated carbocycles. The van der Waals surface area contributed by atoms with Gasteiger partial charge < -0.3 is 9.88 Å². The molecule has 0 radical (unpaired) electrons. The van der Waals surface area contributed by atoms with Crippen LogP contribution in [0.15, 0.2) is 30.4 Å². The summed E-state index contributed by atoms with van der Waals surface area (Å²) in [6.07, 6.45) is 4.45. The van der Waals surface area contributed by atoms with E-state index < -0.39 is 0 Å². The Labute approximate surface area is 129 Å². The van der Waals surface area contributed by atoms with Gasteiger partial charge in [0.1, 0.15) is 5.82 Å². The van der Waals surface area contributed by atoms with Crippen molar-refractivity contribution >= 4 is 16.8 Å². The highest BCUT2D eigenvalue weighted by Crippen LogP contribution is 2.25. The topological polar surface area (TPSA) is 36.1 Å². The maximum atomic E-state index is 13.5. The van der Waals surface area contributed by atoms with Gasteiger partial charge in [-0.15, -0.1) is 0 Å². The molecule has 1 aliphatic heterocycles. The summed E-state index contributed by atoms with van der Waals surface area (Å²) in [4.78, 5) is 17.8. The highest BCUT2D eigenvalue weighted by Gasteiger charge is 2.27. The van der Waals surface area contributed by atoms with Crippen molar-refractivity contribution in [2.45, 2.75) is 33.2 Å². The third-order valence-electron chi connectivity index (χ3n) is 4.41. The fourth-order valence-electron chi connectivity index (χ4n) is 3.22. The van der Waals surface area contributed by atoms with Gasteiger partial charge in [-0.25, -0.2) is 4.39 Å². The van der Waals surface area contributed by atoms with Crippen LogP contribution in [-0.2, 0) is 11.2 Å². The number of aryl methyl sites for hydroxylation is 1. The molecule has 1 atom stereocenters. The van der Waals surface area contributed by atoms with E-state index in [1.165, 1.54) is 12.1 Å². The lowest BCUT2D eigenvalue weighted by Gasteiger charge is -2.27. The van der Waals surface area contributed by atoms with Crippen LogP contribution in [0.1, 0.15) is 25.1 Å². The third kappa shape index (κ3) is 2.54. The van der Waals surface area contributed by atoms with Crippen molar-refractivity contribution in [2.24, 2.45) is 5.92 Å². The number of carbonyl (C=O) groups is 1. The lowest BCUT2D eigenvalue weighted by Crippen LogP contribution is -2.39. The Hall–Kier alpha value is -2.10. The van der Waals surface area contributed by atoms with Crippen molar-refractivity contribution < 1.29 is 9.18 Å². The minimum absolute atomic E-state index is 0.0944. The zero-order valence-corrected chi connectivity index (χ0v) is 13.2. The summed E-state index contributed by atoms with van der Waals surface area (Å²) in [7, 11) is 0. The molecular formula is C18H21FN2O. The molecule has 0 spiro atoms. The molecule has 3 nitrogen and oxygen atoms in total. The number of nitrogens with one attached hydrogen (secondary N) is 1. The van der Waals surface area contributed by atoms with Crippen LogP contribution in [0.4, 0.5) is 4.39 Å². The predicted octanol–water partition coefficient (Wildman–Crippen LogP) is 3.58. The molecule has 0 fully saturated rings. The second-order valence-electron chi connectivity index (χ2n) is 6.30. The molecule has 0 saturated heterocycles. The second-order valence-corrected chi connectivity index (χ2v) is 6.30. The number of rotatable bonds is 3. The zero-order valence-electron chi connectivity index (χ0n) is 13.2. The largest absolute Gasteiger partial charge is 0.358 e. The van der Waals surface area contributed by atoms with E-state index in [-0.39, 0.29) is 17.8 Å². The monoisotopic (exact) mass is 300 g/mol. The molecule has 2 aromatic rings. The van der Waals surface area contributed by atoms with Crippen LogP contribution in [0.25, 0.3) is 10.9 Å². The van der Waals surface area contributed by atoms with Gasteiger partial charge in [0.15, 0.2) is 0 Å². The average molecular weight is 300 g/mol. The van der Waals surface area contributed by atoms with Gasteiger partial charge in [-0.1, -0.05) is 26.0 Å². The van der Waals surface area contributed by atoms with E-state index in [0.29, 0.717) is 18.9 Å². The molecule has 0 unspecified atom stereocenters. The normalized spacial score (nSPS) is 17.9. The van der Waals surface area contributed by atoms with E-state index in [0.717, 1.165) is 22.2 Å². The van der Waals surface area contributed by atoms with Crippen LogP contribution in [0, 0.1) is 18.7 Å². The summed E-state index contributed by atoms with van der Waals surface area (Å²) in [6, 6.07) is 4.82. The van der Waals surface area contributed by atoms with Crippen molar-refractivity contribution in [1.82, 2.24) is 9.88 Å². The van der Waals surface area contributed by atoms with E-state index in [9.17, 15) is 9.18 Å². The molecule has 116 valence electrons. The molecule has 1 amide bonds. The van der Waals surface area contributed by atoms with Crippen molar-refractivity contribution in [1.29, 1.82) is 0 Å². The number of carbonyl (C=O) groups excluding carboxylic acids is 1. The third-order valence-corrected chi connectivity index (χ3v) is 4.41. The SMILES string of the molecule is Cc1[nH]c2ccc(F)cc2c1CC(=O)N1CC=C[C@H]1C(C)C. The maximum absolute atomic E-state index is 13.5. The van der Waals surface area contributed by atoms with Crippen molar-refractivity contribution in [3.05, 3.63) is 47.4 Å². The van der Waals surface area contributed by atoms with E-state index in [1.54, 1.807) is 6.07 Å². The fraction of sp³-hybridized carbons (Fsp3) is 0.389. The molecule has 3 rings (SSSR count). The number of fused-ring (bicyclic) bond motifs is 1. The van der Waals surface area contributed by atoms with Crippen molar-refractivity contribution in [2.75, 3.05) is 6.54 Å². The fourth-order valence-corrected chi connectivity index (χ4v) is 3.22. The van der Waals surface area contributed by atoms with Crippen LogP contribution in [0.2, 0.25) is 0 Å². The van der Waals surface area contributed by atoms with Crippen LogP contribution in [0.5, 0.6) is 0 Å². The molecule has 2 heterocycles. The summed E-state index contributed by atoms with van der Waals surface area (Å²) in [5, 5.41) is 0.805. The number of benzene rings is 1. The highest BCUT2D eigenvalue weighted by molar-refractivity contribution is 5.90. The summed E-state index contributed by atoms with van der Waals surface area (Å²) < 4.78 is 13.5. The average Bonchev–Trinajstić information content (AvgIpc) is 3.05. The van der Waals surface area contributed by atoms with Gasteiger partial charge in [0, 0.05) is 23.1 Å². The number of halogens is 1. The predicted molar refractivity (Wildman–Crippen MR) is 86.2 cm³/mol. The van der Waals surface area contributed by atoms with Crippen LogP contribution < -0.4 is 0 Å². The molecule has 0 aliphatic carbocycles. The van der Waals surface area contributed by atoms with Gasteiger partial charge in [0.25, 0.3) is 0 Å². The quantitative estimate of drug-likeness (QED) is 0.864. The number of H-pyrrole nitrogens is 1. The highest BCUT2D eigenvalue weighted by atomic mass is 19.1. The summed E-state index contributed by atoms with van der Waals surface area (Å²) in [6.45, 7) is 6.83. The number of amides is 1. The Bertz CT molecular complexity index is 745. The van der Waals surface area contributed by atoms with Gasteiger partial charge >= 0.3 is 0 Å². The van der Waals surface area contributed by atoms with Crippen LogP contribution in [0.3, 0.4) is 0 Å². The van der Waals surface area contributed by atoms with Gasteiger partial charge in [-0.3, -0.25) is 4.79 Å². The van der Waals surface area contributed by atoms with Crippen molar-refractivity contribution in [3.63, 3.8) is 0 Å². The maximum Gasteiger partial charge on any atom is 0.227 e. The smallest absolute Gasteiger partial charge is 0.227 e. The second kappa shape index (κ2) is 5.59. The molecule has 1 N–H and O–H groups in total. The molecule has 1 aromatic heterocycles. The minimum Gasteiger partial charge on any atom is -0.358 e. The van der Waals surface area contributed by atoms with E-state index in [1.807, 2.05) is 17.9 Å². The van der Waals surface area contributed by atoms with E-state index >= 15 is 0 Å². The molecule has 22 heavy (non-hydrogen) atoms. The zero-order chi connectivity index (χ0) is 15.9. The first-order chi connectivity index (χ1) is 10.5.